The number of methoxy groups -OCH3 is 2. The van der Waals surface area contributed by atoms with Crippen molar-refractivity contribution in [1.29, 1.82) is 0 Å². The maximum atomic E-state index is 12.3. The van der Waals surface area contributed by atoms with Gasteiger partial charge < -0.3 is 19.7 Å². The second-order valence-electron chi connectivity index (χ2n) is 5.60. The van der Waals surface area contributed by atoms with E-state index in [0.717, 1.165) is 16.8 Å². The van der Waals surface area contributed by atoms with Gasteiger partial charge in [0.1, 0.15) is 0 Å². The van der Waals surface area contributed by atoms with E-state index in [4.69, 9.17) is 9.47 Å². The summed E-state index contributed by atoms with van der Waals surface area (Å²) in [4.78, 5) is 14.0. The Balaban J connectivity index is 2.00. The molecule has 0 bridgehead atoms. The largest absolute Gasteiger partial charge is 0.493 e. The number of aryl methyl sites for hydroxylation is 1. The molecule has 2 rings (SSSR count). The van der Waals surface area contributed by atoms with Crippen LogP contribution in [0.1, 0.15) is 11.1 Å². The molecule has 0 saturated carbocycles. The fraction of sp³-hybridized carbons (Fsp3) is 0.316. The number of carbonyl (C=O) groups excluding carboxylic acids is 1. The minimum absolute atomic E-state index is 0.0213. The lowest BCUT2D eigenvalue weighted by Crippen LogP contribution is -2.32. The Morgan fingerprint density at radius 3 is 2.33 bits per heavy atom. The number of hydrogen-bond acceptors (Lipinski definition) is 4. The van der Waals surface area contributed by atoms with Crippen molar-refractivity contribution in [3.63, 3.8) is 0 Å². The van der Waals surface area contributed by atoms with Gasteiger partial charge in [-0.05, 0) is 42.3 Å². The third-order valence-corrected chi connectivity index (χ3v) is 3.89. The lowest BCUT2D eigenvalue weighted by Gasteiger charge is -2.20. The Morgan fingerprint density at radius 1 is 1.08 bits per heavy atom. The van der Waals surface area contributed by atoms with Crippen LogP contribution in [0, 0.1) is 6.92 Å². The predicted molar refractivity (Wildman–Crippen MR) is 95.7 cm³/mol. The summed E-state index contributed by atoms with van der Waals surface area (Å²) in [6, 6.07) is 13.5. The van der Waals surface area contributed by atoms with Gasteiger partial charge in [-0.2, -0.15) is 0 Å². The number of carbonyl (C=O) groups is 1. The second-order valence-corrected chi connectivity index (χ2v) is 5.60. The third-order valence-electron chi connectivity index (χ3n) is 3.89. The first kappa shape index (κ1) is 17.7. The standard InChI is InChI=1S/C19H24N2O3/c1-14-10-17(23-3)18(24-4)11-15(14)13-21(2)19(22)12-20-16-8-6-5-7-9-16/h5-11,20H,12-13H2,1-4H3. The zero-order valence-corrected chi connectivity index (χ0v) is 14.6. The molecule has 0 saturated heterocycles. The first-order valence-electron chi connectivity index (χ1n) is 7.79. The van der Waals surface area contributed by atoms with Gasteiger partial charge in [0.05, 0.1) is 20.8 Å². The molecule has 0 unspecified atom stereocenters. The van der Waals surface area contributed by atoms with Gasteiger partial charge in [-0.25, -0.2) is 0 Å². The van der Waals surface area contributed by atoms with Gasteiger partial charge in [-0.3, -0.25) is 4.79 Å². The van der Waals surface area contributed by atoms with Crippen molar-refractivity contribution in [2.75, 3.05) is 33.1 Å². The van der Waals surface area contributed by atoms with Crippen LogP contribution in [0.25, 0.3) is 0 Å². The molecular formula is C19H24N2O3. The molecule has 0 fully saturated rings. The van der Waals surface area contributed by atoms with Crippen LogP contribution in [-0.2, 0) is 11.3 Å². The van der Waals surface area contributed by atoms with Crippen LogP contribution in [0.5, 0.6) is 11.5 Å². The van der Waals surface area contributed by atoms with Gasteiger partial charge in [-0.1, -0.05) is 18.2 Å². The molecule has 128 valence electrons. The Morgan fingerprint density at radius 2 is 1.71 bits per heavy atom. The SMILES string of the molecule is COc1cc(C)c(CN(C)C(=O)CNc2ccccc2)cc1OC. The summed E-state index contributed by atoms with van der Waals surface area (Å²) in [5.41, 5.74) is 3.02. The number of para-hydroxylation sites is 1. The predicted octanol–water partition coefficient (Wildman–Crippen LogP) is 3.08. The summed E-state index contributed by atoms with van der Waals surface area (Å²) < 4.78 is 10.6. The average molecular weight is 328 g/mol. The molecule has 0 spiro atoms. The summed E-state index contributed by atoms with van der Waals surface area (Å²) in [6.07, 6.45) is 0. The highest BCUT2D eigenvalue weighted by Gasteiger charge is 2.13. The summed E-state index contributed by atoms with van der Waals surface area (Å²) in [5.74, 6) is 1.38. The van der Waals surface area contributed by atoms with Crippen molar-refractivity contribution in [2.24, 2.45) is 0 Å². The minimum Gasteiger partial charge on any atom is -0.493 e. The molecule has 1 N–H and O–H groups in total. The monoisotopic (exact) mass is 328 g/mol. The van der Waals surface area contributed by atoms with E-state index in [9.17, 15) is 4.79 Å². The molecule has 0 aliphatic rings. The Hall–Kier alpha value is -2.69. The molecule has 0 heterocycles. The number of benzene rings is 2. The van der Waals surface area contributed by atoms with Crippen LogP contribution in [-0.4, -0.2) is 38.6 Å². The maximum absolute atomic E-state index is 12.3. The summed E-state index contributed by atoms with van der Waals surface area (Å²) in [6.45, 7) is 2.77. The van der Waals surface area contributed by atoms with Gasteiger partial charge in [0.15, 0.2) is 11.5 Å². The van der Waals surface area contributed by atoms with E-state index in [-0.39, 0.29) is 12.5 Å². The number of anilines is 1. The van der Waals surface area contributed by atoms with Crippen LogP contribution >= 0.6 is 0 Å². The Kier molecular flexibility index (Phi) is 6.07. The highest BCUT2D eigenvalue weighted by atomic mass is 16.5. The van der Waals surface area contributed by atoms with Crippen LogP contribution in [0.3, 0.4) is 0 Å². The normalized spacial score (nSPS) is 10.2. The smallest absolute Gasteiger partial charge is 0.241 e. The summed E-state index contributed by atoms with van der Waals surface area (Å²) in [5, 5.41) is 3.13. The van der Waals surface area contributed by atoms with Gasteiger partial charge in [0.25, 0.3) is 0 Å². The lowest BCUT2D eigenvalue weighted by atomic mass is 10.1. The van der Waals surface area contributed by atoms with Crippen LogP contribution < -0.4 is 14.8 Å². The van der Waals surface area contributed by atoms with Crippen molar-refractivity contribution in [2.45, 2.75) is 13.5 Å². The number of hydrogen-bond donors (Lipinski definition) is 1. The molecule has 2 aromatic carbocycles. The topological polar surface area (TPSA) is 50.8 Å². The van der Waals surface area contributed by atoms with E-state index in [2.05, 4.69) is 5.32 Å². The van der Waals surface area contributed by atoms with E-state index >= 15 is 0 Å². The molecule has 1 amide bonds. The van der Waals surface area contributed by atoms with E-state index in [0.29, 0.717) is 18.0 Å². The number of nitrogens with one attached hydrogen (secondary N) is 1. The molecule has 0 atom stereocenters. The zero-order valence-electron chi connectivity index (χ0n) is 14.6. The fourth-order valence-electron chi connectivity index (χ4n) is 2.41. The van der Waals surface area contributed by atoms with Crippen molar-refractivity contribution in [3.05, 3.63) is 53.6 Å². The van der Waals surface area contributed by atoms with Gasteiger partial charge in [0.2, 0.25) is 5.91 Å². The molecule has 5 heteroatoms. The number of rotatable bonds is 7. The highest BCUT2D eigenvalue weighted by Crippen LogP contribution is 2.30. The lowest BCUT2D eigenvalue weighted by molar-refractivity contribution is -0.128. The first-order valence-corrected chi connectivity index (χ1v) is 7.79. The molecule has 2 aromatic rings. The van der Waals surface area contributed by atoms with Gasteiger partial charge in [-0.15, -0.1) is 0 Å². The first-order chi connectivity index (χ1) is 11.5. The van der Waals surface area contributed by atoms with Crippen molar-refractivity contribution in [3.8, 4) is 11.5 Å². The zero-order chi connectivity index (χ0) is 17.5. The minimum atomic E-state index is 0.0213. The number of likely N-dealkylation sites (N-methyl/N-ethyl adjacent to an activating group) is 1. The maximum Gasteiger partial charge on any atom is 0.241 e. The van der Waals surface area contributed by atoms with E-state index < -0.39 is 0 Å². The molecule has 0 radical (unpaired) electrons. The van der Waals surface area contributed by atoms with E-state index in [1.807, 2.05) is 49.4 Å². The van der Waals surface area contributed by atoms with Crippen LogP contribution in [0.15, 0.2) is 42.5 Å². The van der Waals surface area contributed by atoms with Crippen molar-refractivity contribution < 1.29 is 14.3 Å². The Bertz CT molecular complexity index is 687. The van der Waals surface area contributed by atoms with Crippen molar-refractivity contribution in [1.82, 2.24) is 4.90 Å². The molecule has 0 aromatic heterocycles. The van der Waals surface area contributed by atoms with E-state index in [1.54, 1.807) is 26.2 Å². The fourth-order valence-corrected chi connectivity index (χ4v) is 2.41. The van der Waals surface area contributed by atoms with Crippen molar-refractivity contribution >= 4 is 11.6 Å². The molecular weight excluding hydrogens is 304 g/mol. The molecule has 0 aliphatic carbocycles. The second kappa shape index (κ2) is 8.24. The van der Waals surface area contributed by atoms with Gasteiger partial charge >= 0.3 is 0 Å². The number of amides is 1. The summed E-state index contributed by atoms with van der Waals surface area (Å²) >= 11 is 0. The van der Waals surface area contributed by atoms with Gasteiger partial charge in [0, 0.05) is 19.3 Å². The summed E-state index contributed by atoms with van der Waals surface area (Å²) in [7, 11) is 5.02. The molecule has 24 heavy (non-hydrogen) atoms. The third kappa shape index (κ3) is 4.41. The van der Waals surface area contributed by atoms with Crippen LogP contribution in [0.2, 0.25) is 0 Å². The van der Waals surface area contributed by atoms with Crippen LogP contribution in [0.4, 0.5) is 5.69 Å². The highest BCUT2D eigenvalue weighted by molar-refractivity contribution is 5.80. The quantitative estimate of drug-likeness (QED) is 0.848. The molecule has 5 nitrogen and oxygen atoms in total. The average Bonchev–Trinajstić information content (AvgIpc) is 2.61. The number of ether oxygens (including phenoxy) is 2. The number of nitrogens with zero attached hydrogens (tertiary/aromatic N) is 1. The Labute approximate surface area is 143 Å². The van der Waals surface area contributed by atoms with E-state index in [1.165, 1.54) is 0 Å². The molecule has 0 aliphatic heterocycles.